The standard InChI is InChI=1S/C14H16F3NO2/c15-14(16,17)10-1-2-11-13(20-8-7-19-11)12(10)9-3-5-18-6-4-9/h1-2,9,18H,3-8H2. The van der Waals surface area contributed by atoms with Gasteiger partial charge in [-0.1, -0.05) is 0 Å². The third-order valence-corrected chi connectivity index (χ3v) is 3.80. The van der Waals surface area contributed by atoms with Crippen molar-refractivity contribution in [3.05, 3.63) is 23.3 Å². The fourth-order valence-electron chi connectivity index (χ4n) is 2.90. The van der Waals surface area contributed by atoms with E-state index in [0.717, 1.165) is 19.2 Å². The Kier molecular flexibility index (Phi) is 3.50. The lowest BCUT2D eigenvalue weighted by atomic mass is 9.85. The van der Waals surface area contributed by atoms with Crippen LogP contribution in [0, 0.1) is 0 Å². The fourth-order valence-corrected chi connectivity index (χ4v) is 2.90. The summed E-state index contributed by atoms with van der Waals surface area (Å²) in [5, 5.41) is 3.17. The average molecular weight is 287 g/mol. The normalized spacial score (nSPS) is 19.9. The van der Waals surface area contributed by atoms with E-state index in [-0.39, 0.29) is 17.2 Å². The molecule has 2 aliphatic rings. The van der Waals surface area contributed by atoms with Gasteiger partial charge in [0.1, 0.15) is 13.2 Å². The summed E-state index contributed by atoms with van der Waals surface area (Å²) in [4.78, 5) is 0. The summed E-state index contributed by atoms with van der Waals surface area (Å²) in [7, 11) is 0. The minimum Gasteiger partial charge on any atom is -0.486 e. The van der Waals surface area contributed by atoms with Crippen LogP contribution in [0.1, 0.15) is 29.9 Å². The lowest BCUT2D eigenvalue weighted by Crippen LogP contribution is -2.29. The smallest absolute Gasteiger partial charge is 0.416 e. The van der Waals surface area contributed by atoms with Gasteiger partial charge >= 0.3 is 6.18 Å². The van der Waals surface area contributed by atoms with Gasteiger partial charge in [0, 0.05) is 5.56 Å². The van der Waals surface area contributed by atoms with Crippen LogP contribution in [0.2, 0.25) is 0 Å². The zero-order valence-electron chi connectivity index (χ0n) is 10.9. The van der Waals surface area contributed by atoms with Crippen LogP contribution < -0.4 is 14.8 Å². The van der Waals surface area contributed by atoms with Crippen molar-refractivity contribution in [2.45, 2.75) is 24.9 Å². The van der Waals surface area contributed by atoms with E-state index in [4.69, 9.17) is 9.47 Å². The molecular formula is C14H16F3NO2. The number of rotatable bonds is 1. The Morgan fingerprint density at radius 1 is 1.05 bits per heavy atom. The topological polar surface area (TPSA) is 30.5 Å². The van der Waals surface area contributed by atoms with Gasteiger partial charge in [-0.05, 0) is 44.0 Å². The highest BCUT2D eigenvalue weighted by atomic mass is 19.4. The van der Waals surface area contributed by atoms with Crippen LogP contribution in [0.15, 0.2) is 12.1 Å². The van der Waals surface area contributed by atoms with Crippen LogP contribution in [0.5, 0.6) is 11.5 Å². The molecule has 3 rings (SSSR count). The van der Waals surface area contributed by atoms with Crippen molar-refractivity contribution in [3.63, 3.8) is 0 Å². The van der Waals surface area contributed by atoms with Crippen molar-refractivity contribution >= 4 is 0 Å². The Morgan fingerprint density at radius 2 is 1.75 bits per heavy atom. The molecule has 3 nitrogen and oxygen atoms in total. The number of hydrogen-bond donors (Lipinski definition) is 1. The van der Waals surface area contributed by atoms with Gasteiger partial charge in [-0.25, -0.2) is 0 Å². The molecule has 1 aromatic carbocycles. The van der Waals surface area contributed by atoms with Crippen molar-refractivity contribution in [1.82, 2.24) is 5.32 Å². The predicted octanol–water partition coefficient (Wildman–Crippen LogP) is 2.94. The molecule has 0 bridgehead atoms. The molecule has 2 aliphatic heterocycles. The van der Waals surface area contributed by atoms with Crippen molar-refractivity contribution in [2.75, 3.05) is 26.3 Å². The molecule has 0 radical (unpaired) electrons. The maximum absolute atomic E-state index is 13.3. The van der Waals surface area contributed by atoms with Crippen molar-refractivity contribution < 1.29 is 22.6 Å². The van der Waals surface area contributed by atoms with Gasteiger partial charge < -0.3 is 14.8 Å². The third-order valence-electron chi connectivity index (χ3n) is 3.80. The number of hydrogen-bond acceptors (Lipinski definition) is 3. The van der Waals surface area contributed by atoms with Gasteiger partial charge in [-0.2, -0.15) is 13.2 Å². The predicted molar refractivity (Wildman–Crippen MR) is 67.3 cm³/mol. The molecule has 0 atom stereocenters. The number of alkyl halides is 3. The number of ether oxygens (including phenoxy) is 2. The summed E-state index contributed by atoms with van der Waals surface area (Å²) in [6.45, 7) is 2.13. The summed E-state index contributed by atoms with van der Waals surface area (Å²) >= 11 is 0. The molecule has 0 aromatic heterocycles. The molecule has 0 unspecified atom stereocenters. The zero-order chi connectivity index (χ0) is 14.2. The monoisotopic (exact) mass is 287 g/mol. The van der Waals surface area contributed by atoms with Crippen LogP contribution in [-0.4, -0.2) is 26.3 Å². The Bertz CT molecular complexity index is 496. The van der Waals surface area contributed by atoms with Gasteiger partial charge in [-0.3, -0.25) is 0 Å². The first-order valence-corrected chi connectivity index (χ1v) is 6.78. The largest absolute Gasteiger partial charge is 0.486 e. The summed E-state index contributed by atoms with van der Waals surface area (Å²) in [6.07, 6.45) is -3.00. The van der Waals surface area contributed by atoms with E-state index in [0.29, 0.717) is 31.8 Å². The molecule has 1 aromatic rings. The second-order valence-corrected chi connectivity index (χ2v) is 5.07. The van der Waals surface area contributed by atoms with Crippen molar-refractivity contribution in [2.24, 2.45) is 0 Å². The Hall–Kier alpha value is -1.43. The summed E-state index contributed by atoms with van der Waals surface area (Å²) in [5.74, 6) is 0.584. The molecule has 2 heterocycles. The second-order valence-electron chi connectivity index (χ2n) is 5.07. The van der Waals surface area contributed by atoms with Crippen LogP contribution in [-0.2, 0) is 6.18 Å². The van der Waals surface area contributed by atoms with Crippen LogP contribution in [0.4, 0.5) is 13.2 Å². The van der Waals surface area contributed by atoms with E-state index < -0.39 is 11.7 Å². The van der Waals surface area contributed by atoms with E-state index in [1.54, 1.807) is 0 Å². The van der Waals surface area contributed by atoms with E-state index >= 15 is 0 Å². The zero-order valence-corrected chi connectivity index (χ0v) is 10.9. The second kappa shape index (κ2) is 5.16. The number of halogens is 3. The van der Waals surface area contributed by atoms with Gasteiger partial charge in [0.15, 0.2) is 11.5 Å². The lowest BCUT2D eigenvalue weighted by Gasteiger charge is -2.30. The minimum atomic E-state index is -4.37. The molecule has 0 spiro atoms. The molecule has 1 N–H and O–H groups in total. The van der Waals surface area contributed by atoms with Crippen molar-refractivity contribution in [1.29, 1.82) is 0 Å². The highest BCUT2D eigenvalue weighted by molar-refractivity contribution is 5.54. The van der Waals surface area contributed by atoms with E-state index in [1.807, 2.05) is 0 Å². The molecule has 0 aliphatic carbocycles. The molecule has 20 heavy (non-hydrogen) atoms. The van der Waals surface area contributed by atoms with E-state index in [1.165, 1.54) is 6.07 Å². The fraction of sp³-hybridized carbons (Fsp3) is 0.571. The van der Waals surface area contributed by atoms with E-state index in [2.05, 4.69) is 5.32 Å². The maximum Gasteiger partial charge on any atom is 0.416 e. The van der Waals surface area contributed by atoms with Crippen LogP contribution in [0.25, 0.3) is 0 Å². The maximum atomic E-state index is 13.3. The number of nitrogens with one attached hydrogen (secondary N) is 1. The minimum absolute atomic E-state index is 0.135. The molecule has 110 valence electrons. The summed E-state index contributed by atoms with van der Waals surface area (Å²) in [6, 6.07) is 2.48. The summed E-state index contributed by atoms with van der Waals surface area (Å²) < 4.78 is 50.7. The Morgan fingerprint density at radius 3 is 2.45 bits per heavy atom. The van der Waals surface area contributed by atoms with Crippen LogP contribution >= 0.6 is 0 Å². The molecule has 1 fully saturated rings. The molecule has 6 heteroatoms. The van der Waals surface area contributed by atoms with Crippen molar-refractivity contribution in [3.8, 4) is 11.5 Å². The van der Waals surface area contributed by atoms with Gasteiger partial charge in [0.25, 0.3) is 0 Å². The number of fused-ring (bicyclic) bond motifs is 1. The molecule has 0 amide bonds. The molecule has 1 saturated heterocycles. The first-order valence-electron chi connectivity index (χ1n) is 6.78. The lowest BCUT2D eigenvalue weighted by molar-refractivity contribution is -0.138. The third kappa shape index (κ3) is 2.44. The van der Waals surface area contributed by atoms with E-state index in [9.17, 15) is 13.2 Å². The SMILES string of the molecule is FC(F)(F)c1ccc2c(c1C1CCNCC1)OCCO2. The molecule has 0 saturated carbocycles. The number of benzene rings is 1. The number of piperidine rings is 1. The van der Waals surface area contributed by atoms with Crippen LogP contribution in [0.3, 0.4) is 0 Å². The Balaban J connectivity index is 2.10. The Labute approximate surface area is 115 Å². The quantitative estimate of drug-likeness (QED) is 0.861. The highest BCUT2D eigenvalue weighted by Gasteiger charge is 2.39. The highest BCUT2D eigenvalue weighted by Crippen LogP contribution is 2.47. The van der Waals surface area contributed by atoms with Gasteiger partial charge in [0.05, 0.1) is 5.56 Å². The first kappa shape index (κ1) is 13.5. The van der Waals surface area contributed by atoms with Gasteiger partial charge in [0.2, 0.25) is 0 Å². The van der Waals surface area contributed by atoms with Gasteiger partial charge in [-0.15, -0.1) is 0 Å². The average Bonchev–Trinajstić information content (AvgIpc) is 2.46. The molecular weight excluding hydrogens is 271 g/mol. The first-order chi connectivity index (χ1) is 9.57. The summed E-state index contributed by atoms with van der Waals surface area (Å²) in [5.41, 5.74) is -0.315.